The van der Waals surface area contributed by atoms with Crippen molar-refractivity contribution in [3.63, 3.8) is 0 Å². The molecule has 162 valence electrons. The molecule has 1 aliphatic rings. The van der Waals surface area contributed by atoms with Crippen LogP contribution in [-0.2, 0) is 22.3 Å². The minimum Gasteiger partial charge on any atom is -0.475 e. The van der Waals surface area contributed by atoms with Crippen LogP contribution >= 0.6 is 0 Å². The molecule has 0 aliphatic carbocycles. The number of hydrogen-bond donors (Lipinski definition) is 1. The highest BCUT2D eigenvalue weighted by Crippen LogP contribution is 2.29. The van der Waals surface area contributed by atoms with Gasteiger partial charge in [-0.15, -0.1) is 0 Å². The number of H-pyrrole nitrogens is 1. The summed E-state index contributed by atoms with van der Waals surface area (Å²) < 4.78 is 49.7. The first-order valence-corrected chi connectivity index (χ1v) is 8.99. The zero-order valence-electron chi connectivity index (χ0n) is 15.9. The number of nitrogens with one attached hydrogen (secondary N) is 1. The van der Waals surface area contributed by atoms with E-state index < -0.39 is 29.1 Å². The average Bonchev–Trinajstić information content (AvgIpc) is 2.70. The predicted molar refractivity (Wildman–Crippen MR) is 97.1 cm³/mol. The van der Waals surface area contributed by atoms with Gasteiger partial charge in [-0.2, -0.15) is 13.2 Å². The summed E-state index contributed by atoms with van der Waals surface area (Å²) >= 11 is 0. The molecular weight excluding hydrogens is 409 g/mol. The van der Waals surface area contributed by atoms with Crippen molar-refractivity contribution in [2.24, 2.45) is 0 Å². The van der Waals surface area contributed by atoms with Gasteiger partial charge in [0.2, 0.25) is 11.8 Å². The normalized spacial score (nSPS) is 17.1. The van der Waals surface area contributed by atoms with Crippen LogP contribution in [0.1, 0.15) is 11.1 Å². The van der Waals surface area contributed by atoms with Crippen LogP contribution in [0, 0.1) is 6.92 Å². The molecule has 3 heterocycles. The van der Waals surface area contributed by atoms with Crippen molar-refractivity contribution in [1.82, 2.24) is 19.4 Å². The van der Waals surface area contributed by atoms with E-state index in [9.17, 15) is 27.6 Å². The van der Waals surface area contributed by atoms with E-state index in [1.54, 1.807) is 0 Å². The largest absolute Gasteiger partial charge is 0.475 e. The third-order valence-corrected chi connectivity index (χ3v) is 4.47. The molecule has 12 heteroatoms. The Hall–Kier alpha value is -3.15. The maximum Gasteiger partial charge on any atom is 0.417 e. The van der Waals surface area contributed by atoms with Gasteiger partial charge in [-0.3, -0.25) is 19.1 Å². The first-order chi connectivity index (χ1) is 14.1. The van der Waals surface area contributed by atoms with Crippen LogP contribution in [0.5, 0.6) is 5.88 Å². The summed E-state index contributed by atoms with van der Waals surface area (Å²) in [6.07, 6.45) is -3.00. The van der Waals surface area contributed by atoms with Gasteiger partial charge < -0.3 is 14.4 Å². The first kappa shape index (κ1) is 21.6. The van der Waals surface area contributed by atoms with Gasteiger partial charge in [0.15, 0.2) is 0 Å². The smallest absolute Gasteiger partial charge is 0.417 e. The Morgan fingerprint density at radius 3 is 2.80 bits per heavy atom. The van der Waals surface area contributed by atoms with Crippen LogP contribution in [0.4, 0.5) is 13.2 Å². The molecule has 1 N–H and O–H groups in total. The fourth-order valence-corrected chi connectivity index (χ4v) is 2.84. The SMILES string of the molecule is Cc1cn(CC(=O)N2CCOC(COc3ccc(C(F)(F)F)cn3)C2)c(=O)[nH]c1=O. The Balaban J connectivity index is 1.56. The summed E-state index contributed by atoms with van der Waals surface area (Å²) in [6, 6.07) is 1.98. The van der Waals surface area contributed by atoms with Gasteiger partial charge in [0.25, 0.3) is 5.56 Å². The van der Waals surface area contributed by atoms with Crippen LogP contribution in [0.15, 0.2) is 34.1 Å². The van der Waals surface area contributed by atoms with Gasteiger partial charge in [0, 0.05) is 30.6 Å². The van der Waals surface area contributed by atoms with E-state index in [2.05, 4.69) is 9.97 Å². The molecule has 0 bridgehead atoms. The predicted octanol–water partition coefficient (Wildman–Crippen LogP) is 0.565. The number of nitrogens with zero attached hydrogens (tertiary/aromatic N) is 3. The second-order valence-electron chi connectivity index (χ2n) is 6.73. The van der Waals surface area contributed by atoms with E-state index in [0.717, 1.165) is 16.7 Å². The molecule has 0 aromatic carbocycles. The molecule has 2 aromatic rings. The first-order valence-electron chi connectivity index (χ1n) is 8.99. The van der Waals surface area contributed by atoms with Gasteiger partial charge >= 0.3 is 11.9 Å². The van der Waals surface area contributed by atoms with Gasteiger partial charge in [0.05, 0.1) is 18.7 Å². The van der Waals surface area contributed by atoms with Crippen molar-refractivity contribution in [1.29, 1.82) is 0 Å². The fraction of sp³-hybridized carbons (Fsp3) is 0.444. The number of hydrogen-bond acceptors (Lipinski definition) is 6. The average molecular weight is 428 g/mol. The summed E-state index contributed by atoms with van der Waals surface area (Å²) in [5.74, 6) is -0.338. The number of carbonyl (C=O) groups is 1. The Morgan fingerprint density at radius 2 is 2.13 bits per heavy atom. The fourth-order valence-electron chi connectivity index (χ4n) is 2.84. The number of rotatable bonds is 5. The standard InChI is InChI=1S/C18H19F3N4O5/c1-11-7-25(17(28)23-16(11)27)9-15(26)24-4-5-29-13(8-24)10-30-14-3-2-12(6-22-14)18(19,20)21/h2-3,6-7,13H,4-5,8-10H2,1H3,(H,23,27,28). The molecule has 0 spiro atoms. The Labute approximate surface area is 168 Å². The lowest BCUT2D eigenvalue weighted by Gasteiger charge is -2.32. The zero-order chi connectivity index (χ0) is 21.9. The molecule has 1 unspecified atom stereocenters. The number of ether oxygens (including phenoxy) is 2. The number of aromatic nitrogens is 3. The quantitative estimate of drug-likeness (QED) is 0.746. The minimum absolute atomic E-state index is 0.00492. The highest BCUT2D eigenvalue weighted by Gasteiger charge is 2.31. The van der Waals surface area contributed by atoms with Crippen molar-refractivity contribution in [3.05, 3.63) is 56.5 Å². The summed E-state index contributed by atoms with van der Waals surface area (Å²) in [5, 5.41) is 0. The lowest BCUT2D eigenvalue weighted by atomic mass is 10.2. The number of alkyl halides is 3. The molecule has 2 aromatic heterocycles. The number of aromatic amines is 1. The Morgan fingerprint density at radius 1 is 1.37 bits per heavy atom. The maximum atomic E-state index is 12.6. The summed E-state index contributed by atoms with van der Waals surface area (Å²) in [5.41, 5.74) is -1.77. The van der Waals surface area contributed by atoms with E-state index in [1.165, 1.54) is 18.0 Å². The van der Waals surface area contributed by atoms with Gasteiger partial charge in [-0.25, -0.2) is 9.78 Å². The molecule has 1 amide bonds. The van der Waals surface area contributed by atoms with Crippen molar-refractivity contribution >= 4 is 5.91 Å². The van der Waals surface area contributed by atoms with Crippen molar-refractivity contribution in [3.8, 4) is 5.88 Å². The second kappa shape index (κ2) is 8.69. The second-order valence-corrected chi connectivity index (χ2v) is 6.73. The van der Waals surface area contributed by atoms with E-state index in [1.807, 2.05) is 0 Å². The van der Waals surface area contributed by atoms with Crippen LogP contribution in [-0.4, -0.2) is 57.7 Å². The van der Waals surface area contributed by atoms with Crippen LogP contribution in [0.25, 0.3) is 0 Å². The highest BCUT2D eigenvalue weighted by atomic mass is 19.4. The van der Waals surface area contributed by atoms with Crippen molar-refractivity contribution in [2.75, 3.05) is 26.3 Å². The molecule has 1 fully saturated rings. The minimum atomic E-state index is -4.48. The third kappa shape index (κ3) is 5.26. The molecule has 1 aliphatic heterocycles. The zero-order valence-corrected chi connectivity index (χ0v) is 15.9. The third-order valence-electron chi connectivity index (χ3n) is 4.47. The van der Waals surface area contributed by atoms with Crippen molar-refractivity contribution < 1.29 is 27.4 Å². The van der Waals surface area contributed by atoms with E-state index in [-0.39, 0.29) is 38.1 Å². The highest BCUT2D eigenvalue weighted by molar-refractivity contribution is 5.76. The molecule has 9 nitrogen and oxygen atoms in total. The molecule has 3 rings (SSSR count). The Bertz CT molecular complexity index is 1020. The number of morpholine rings is 1. The molecule has 1 atom stereocenters. The number of carbonyl (C=O) groups excluding carboxylic acids is 1. The van der Waals surface area contributed by atoms with E-state index >= 15 is 0 Å². The number of amides is 1. The van der Waals surface area contributed by atoms with E-state index in [4.69, 9.17) is 9.47 Å². The molecule has 30 heavy (non-hydrogen) atoms. The molecule has 1 saturated heterocycles. The topological polar surface area (TPSA) is 107 Å². The molecular formula is C18H19F3N4O5. The van der Waals surface area contributed by atoms with E-state index in [0.29, 0.717) is 18.3 Å². The van der Waals surface area contributed by atoms with Gasteiger partial charge in [-0.05, 0) is 13.0 Å². The lowest BCUT2D eigenvalue weighted by molar-refractivity contribution is -0.140. The van der Waals surface area contributed by atoms with Gasteiger partial charge in [0.1, 0.15) is 19.3 Å². The Kier molecular flexibility index (Phi) is 6.25. The monoisotopic (exact) mass is 428 g/mol. The number of pyridine rings is 1. The summed E-state index contributed by atoms with van der Waals surface area (Å²) in [6.45, 7) is 1.99. The number of halogens is 3. The maximum absolute atomic E-state index is 12.6. The molecule has 0 radical (unpaired) electrons. The lowest BCUT2D eigenvalue weighted by Crippen LogP contribution is -2.49. The van der Waals surface area contributed by atoms with Crippen LogP contribution in [0.2, 0.25) is 0 Å². The van der Waals surface area contributed by atoms with Crippen LogP contribution < -0.4 is 16.0 Å². The van der Waals surface area contributed by atoms with Gasteiger partial charge in [-0.1, -0.05) is 0 Å². The van der Waals surface area contributed by atoms with Crippen LogP contribution in [0.3, 0.4) is 0 Å². The summed E-state index contributed by atoms with van der Waals surface area (Å²) in [4.78, 5) is 43.0. The van der Waals surface area contributed by atoms with Crippen molar-refractivity contribution in [2.45, 2.75) is 25.7 Å². The molecule has 0 saturated carbocycles. The number of aryl methyl sites for hydroxylation is 1. The summed E-state index contributed by atoms with van der Waals surface area (Å²) in [7, 11) is 0.